The summed E-state index contributed by atoms with van der Waals surface area (Å²) in [5, 5.41) is 10.9. The molecule has 0 aliphatic carbocycles. The summed E-state index contributed by atoms with van der Waals surface area (Å²) in [4.78, 5) is 13.3. The zero-order valence-corrected chi connectivity index (χ0v) is 19.4. The van der Waals surface area contributed by atoms with Crippen LogP contribution in [0, 0.1) is 0 Å². The Kier molecular flexibility index (Phi) is 7.01. The van der Waals surface area contributed by atoms with Crippen LogP contribution in [-0.4, -0.2) is 32.6 Å². The van der Waals surface area contributed by atoms with Crippen molar-refractivity contribution in [1.82, 2.24) is 14.9 Å². The zero-order valence-electron chi connectivity index (χ0n) is 18.6. The summed E-state index contributed by atoms with van der Waals surface area (Å²) in [7, 11) is 0. The second kappa shape index (κ2) is 9.96. The van der Waals surface area contributed by atoms with Crippen LogP contribution in [0.1, 0.15) is 43.3 Å². The summed E-state index contributed by atoms with van der Waals surface area (Å²) in [6.45, 7) is 4.46. The van der Waals surface area contributed by atoms with E-state index in [2.05, 4.69) is 20.9 Å². The number of benzene rings is 2. The van der Waals surface area contributed by atoms with E-state index in [0.29, 0.717) is 23.9 Å². The summed E-state index contributed by atoms with van der Waals surface area (Å²) >= 11 is 1.22. The van der Waals surface area contributed by atoms with Gasteiger partial charge in [-0.25, -0.2) is 4.68 Å². The van der Waals surface area contributed by atoms with E-state index in [9.17, 15) is 18.0 Å². The fourth-order valence-electron chi connectivity index (χ4n) is 3.66. The van der Waals surface area contributed by atoms with Gasteiger partial charge in [-0.05, 0) is 49.2 Å². The first-order valence-corrected chi connectivity index (χ1v) is 11.8. The molecule has 2 aromatic carbocycles. The minimum absolute atomic E-state index is 0.0737. The fourth-order valence-corrected chi connectivity index (χ4v) is 4.76. The number of ether oxygens (including phenoxy) is 1. The smallest absolute Gasteiger partial charge is 0.416 e. The number of alkyl halides is 3. The summed E-state index contributed by atoms with van der Waals surface area (Å²) in [5.74, 6) is 1.01. The molecule has 0 fully saturated rings. The average molecular weight is 492 g/mol. The number of nitrogens with zero attached hydrogens (tertiary/aromatic N) is 3. The highest BCUT2D eigenvalue weighted by Gasteiger charge is 2.38. The number of rotatable bonds is 7. The zero-order chi connectivity index (χ0) is 24.3. The minimum atomic E-state index is -4.50. The second-order valence-corrected chi connectivity index (χ2v) is 8.81. The molecule has 0 saturated heterocycles. The van der Waals surface area contributed by atoms with Crippen LogP contribution in [-0.2, 0) is 17.4 Å². The van der Waals surface area contributed by atoms with E-state index >= 15 is 0 Å². The van der Waals surface area contributed by atoms with Crippen LogP contribution >= 0.6 is 11.8 Å². The lowest BCUT2D eigenvalue weighted by Gasteiger charge is -2.33. The van der Waals surface area contributed by atoms with Crippen LogP contribution in [0.15, 0.2) is 53.7 Å². The summed E-state index contributed by atoms with van der Waals surface area (Å²) < 4.78 is 46.6. The van der Waals surface area contributed by atoms with Gasteiger partial charge in [0.15, 0.2) is 5.82 Å². The first kappa shape index (κ1) is 23.9. The van der Waals surface area contributed by atoms with E-state index in [-0.39, 0.29) is 5.69 Å². The molecule has 2 atom stereocenters. The van der Waals surface area contributed by atoms with Crippen molar-refractivity contribution in [3.05, 3.63) is 65.5 Å². The van der Waals surface area contributed by atoms with Crippen LogP contribution in [0.2, 0.25) is 0 Å². The van der Waals surface area contributed by atoms with Crippen LogP contribution in [0.5, 0.6) is 5.75 Å². The molecule has 34 heavy (non-hydrogen) atoms. The lowest BCUT2D eigenvalue weighted by Crippen LogP contribution is -2.41. The van der Waals surface area contributed by atoms with Gasteiger partial charge in [-0.1, -0.05) is 36.9 Å². The Hall–Kier alpha value is -3.21. The Morgan fingerprint density at radius 1 is 1.18 bits per heavy atom. The van der Waals surface area contributed by atoms with Gasteiger partial charge >= 0.3 is 6.18 Å². The third kappa shape index (κ3) is 5.14. The van der Waals surface area contributed by atoms with E-state index in [1.807, 2.05) is 38.1 Å². The molecule has 3 aromatic rings. The van der Waals surface area contributed by atoms with Crippen molar-refractivity contribution in [3.63, 3.8) is 0 Å². The molecule has 7 nitrogen and oxygen atoms in total. The number of carbonyl (C=O) groups excluding carboxylic acids is 1. The highest BCUT2D eigenvalue weighted by Crippen LogP contribution is 2.38. The first-order valence-electron chi connectivity index (χ1n) is 10.9. The number of thioether (sulfide) groups is 1. The number of anilines is 1. The van der Waals surface area contributed by atoms with Gasteiger partial charge in [0.1, 0.15) is 11.0 Å². The highest BCUT2D eigenvalue weighted by atomic mass is 32.2. The number of fused-ring (bicyclic) bond motifs is 1. The number of amides is 1. The number of halogens is 3. The molecule has 0 bridgehead atoms. The maximum atomic E-state index is 13.3. The van der Waals surface area contributed by atoms with Gasteiger partial charge in [-0.3, -0.25) is 4.79 Å². The van der Waals surface area contributed by atoms with Gasteiger partial charge in [0.2, 0.25) is 11.1 Å². The predicted molar refractivity (Wildman–Crippen MR) is 123 cm³/mol. The van der Waals surface area contributed by atoms with E-state index in [1.54, 1.807) is 4.68 Å². The van der Waals surface area contributed by atoms with Crippen LogP contribution in [0.25, 0.3) is 0 Å². The number of nitrogens with one attached hydrogen (secondary N) is 2. The minimum Gasteiger partial charge on any atom is -0.494 e. The molecular formula is C23H24F3N5O2S. The normalized spacial score (nSPS) is 17.6. The number of aryl methyl sites for hydroxylation is 1. The number of aromatic nitrogens is 3. The maximum Gasteiger partial charge on any atom is 0.416 e. The number of carbonyl (C=O) groups is 1. The molecule has 1 aliphatic heterocycles. The van der Waals surface area contributed by atoms with Crippen LogP contribution in [0.3, 0.4) is 0 Å². The third-order valence-corrected chi connectivity index (χ3v) is 6.46. The van der Waals surface area contributed by atoms with Gasteiger partial charge in [0.05, 0.1) is 18.2 Å². The van der Waals surface area contributed by atoms with Gasteiger partial charge in [-0.15, -0.1) is 10.2 Å². The van der Waals surface area contributed by atoms with Crippen molar-refractivity contribution in [3.8, 4) is 5.75 Å². The lowest BCUT2D eigenvalue weighted by atomic mass is 10.0. The predicted octanol–water partition coefficient (Wildman–Crippen LogP) is 5.05. The lowest BCUT2D eigenvalue weighted by molar-refractivity contribution is -0.137. The van der Waals surface area contributed by atoms with E-state index in [1.165, 1.54) is 23.9 Å². The van der Waals surface area contributed by atoms with Gasteiger partial charge in [0.25, 0.3) is 0 Å². The maximum absolute atomic E-state index is 13.3. The van der Waals surface area contributed by atoms with Crippen molar-refractivity contribution in [2.24, 2.45) is 0 Å². The summed E-state index contributed by atoms with van der Waals surface area (Å²) in [5.41, 5.74) is 3.41. The van der Waals surface area contributed by atoms with Crippen LogP contribution < -0.4 is 15.5 Å². The first-order chi connectivity index (χ1) is 16.3. The highest BCUT2D eigenvalue weighted by molar-refractivity contribution is 8.00. The van der Waals surface area contributed by atoms with Crippen molar-refractivity contribution < 1.29 is 22.7 Å². The summed E-state index contributed by atoms with van der Waals surface area (Å²) in [6, 6.07) is 11.5. The van der Waals surface area contributed by atoms with Crippen molar-refractivity contribution >= 4 is 23.4 Å². The Morgan fingerprint density at radius 2 is 1.94 bits per heavy atom. The van der Waals surface area contributed by atoms with Crippen molar-refractivity contribution in [1.29, 1.82) is 0 Å². The van der Waals surface area contributed by atoms with Crippen LogP contribution in [0.4, 0.5) is 18.9 Å². The SMILES string of the molecule is CCCc1nnc2n1N[C@H](c1ccc(OCC)cc1)[C@@H](C(=O)Nc1cccc(C(F)(F)F)c1)S2. The van der Waals surface area contributed by atoms with Gasteiger partial charge in [-0.2, -0.15) is 13.2 Å². The molecule has 0 radical (unpaired) electrons. The topological polar surface area (TPSA) is 81.1 Å². The Labute approximate surface area is 199 Å². The van der Waals surface area contributed by atoms with E-state index < -0.39 is 28.9 Å². The molecule has 0 spiro atoms. The molecule has 2 N–H and O–H groups in total. The van der Waals surface area contributed by atoms with Gasteiger partial charge in [0, 0.05) is 12.1 Å². The Morgan fingerprint density at radius 3 is 2.62 bits per heavy atom. The largest absolute Gasteiger partial charge is 0.494 e. The molecule has 1 aromatic heterocycles. The third-order valence-electron chi connectivity index (χ3n) is 5.24. The second-order valence-electron chi connectivity index (χ2n) is 7.70. The molecule has 1 amide bonds. The van der Waals surface area contributed by atoms with Gasteiger partial charge < -0.3 is 15.5 Å². The number of hydrogen-bond acceptors (Lipinski definition) is 6. The summed E-state index contributed by atoms with van der Waals surface area (Å²) in [6.07, 6.45) is -2.92. The van der Waals surface area contributed by atoms with Crippen molar-refractivity contribution in [2.45, 2.75) is 49.3 Å². The molecule has 1 aliphatic rings. The average Bonchev–Trinajstić information content (AvgIpc) is 3.21. The molecule has 0 saturated carbocycles. The molecular weight excluding hydrogens is 467 g/mol. The molecule has 11 heteroatoms. The molecule has 4 rings (SSSR count). The fraction of sp³-hybridized carbons (Fsp3) is 0.348. The van der Waals surface area contributed by atoms with E-state index in [0.717, 1.165) is 29.9 Å². The quantitative estimate of drug-likeness (QED) is 0.482. The Balaban J connectivity index is 1.64. The van der Waals surface area contributed by atoms with Crippen molar-refractivity contribution in [2.75, 3.05) is 17.3 Å². The number of hydrogen-bond donors (Lipinski definition) is 2. The Bertz CT molecular complexity index is 1150. The van der Waals surface area contributed by atoms with E-state index in [4.69, 9.17) is 4.74 Å². The molecule has 0 unspecified atom stereocenters. The molecule has 180 valence electrons. The monoisotopic (exact) mass is 491 g/mol. The molecule has 2 heterocycles. The standard InChI is InChI=1S/C23H24F3N5O2S/c1-3-6-18-28-29-22-31(18)30-19(14-9-11-17(12-10-14)33-4-2)20(34-22)21(32)27-16-8-5-7-15(13-16)23(24,25)26/h5,7-13,19-20,30H,3-4,6H2,1-2H3,(H,27,32)/t19-,20+/m1/s1.